The van der Waals surface area contributed by atoms with Gasteiger partial charge in [0.25, 0.3) is 5.78 Å². The highest BCUT2D eigenvalue weighted by atomic mass is 32.2. The van der Waals surface area contributed by atoms with Gasteiger partial charge in [0.15, 0.2) is 0 Å². The number of thioether (sulfide) groups is 1. The lowest BCUT2D eigenvalue weighted by molar-refractivity contribution is 0.551. The van der Waals surface area contributed by atoms with Crippen LogP contribution in [0.15, 0.2) is 83.1 Å². The Bertz CT molecular complexity index is 1190. The van der Waals surface area contributed by atoms with Crippen molar-refractivity contribution >= 4 is 27.6 Å². The van der Waals surface area contributed by atoms with E-state index in [1.54, 1.807) is 47.2 Å². The molecule has 4 aromatic rings. The first-order chi connectivity index (χ1) is 14.5. The second-order valence-corrected chi connectivity index (χ2v) is 9.57. The van der Waals surface area contributed by atoms with Crippen molar-refractivity contribution in [2.24, 2.45) is 0 Å². The van der Waals surface area contributed by atoms with Gasteiger partial charge in [-0.05, 0) is 37.1 Å². The van der Waals surface area contributed by atoms with Gasteiger partial charge in [-0.3, -0.25) is 0 Å². The quantitative estimate of drug-likeness (QED) is 0.422. The first-order valence-corrected chi connectivity index (χ1v) is 11.9. The van der Waals surface area contributed by atoms with E-state index in [1.807, 2.05) is 37.3 Å². The molecule has 9 heteroatoms. The van der Waals surface area contributed by atoms with Crippen LogP contribution < -0.4 is 4.72 Å². The Balaban J connectivity index is 1.49. The third kappa shape index (κ3) is 4.86. The predicted octanol–water partition coefficient (Wildman–Crippen LogP) is 3.63. The Morgan fingerprint density at radius 2 is 1.83 bits per heavy atom. The normalized spacial score (nSPS) is 12.8. The molecule has 0 aliphatic heterocycles. The minimum atomic E-state index is -3.64. The molecule has 0 unspecified atom stereocenters. The third-order valence-corrected chi connectivity index (χ3v) is 6.92. The number of aromatic nitrogens is 4. The molecular formula is C21H21N5O2S2. The molecule has 30 heavy (non-hydrogen) atoms. The van der Waals surface area contributed by atoms with Gasteiger partial charge in [0.2, 0.25) is 15.2 Å². The Hall–Kier alpha value is -2.75. The summed E-state index contributed by atoms with van der Waals surface area (Å²) in [6.07, 6.45) is 4.05. The first-order valence-electron chi connectivity index (χ1n) is 9.45. The van der Waals surface area contributed by atoms with Crippen LogP contribution in [0, 0.1) is 6.92 Å². The minimum Gasteiger partial charge on any atom is -0.220 e. The molecule has 2 aromatic carbocycles. The maximum Gasteiger partial charge on any atom is 0.253 e. The van der Waals surface area contributed by atoms with Crippen LogP contribution in [0.1, 0.15) is 23.6 Å². The number of aryl methyl sites for hydroxylation is 1. The van der Waals surface area contributed by atoms with Crippen LogP contribution >= 0.6 is 11.8 Å². The van der Waals surface area contributed by atoms with Crippen LogP contribution in [-0.2, 0) is 10.0 Å². The maximum absolute atomic E-state index is 12.9. The van der Waals surface area contributed by atoms with Crippen molar-refractivity contribution in [3.63, 3.8) is 0 Å². The van der Waals surface area contributed by atoms with E-state index in [2.05, 4.69) is 19.8 Å². The third-order valence-electron chi connectivity index (χ3n) is 4.57. The van der Waals surface area contributed by atoms with Crippen molar-refractivity contribution in [3.05, 3.63) is 84.2 Å². The number of nitrogens with zero attached hydrogens (tertiary/aromatic N) is 4. The highest BCUT2D eigenvalue weighted by Gasteiger charge is 2.21. The van der Waals surface area contributed by atoms with Crippen molar-refractivity contribution in [2.45, 2.75) is 29.4 Å². The standard InChI is InChI=1S/C21H21N5O2S2/c1-16-8-10-18(11-9-16)30(27,28)25-19(17-6-3-2-4-7-17)12-15-29-21-23-20-22-13-5-14-26(20)24-21/h2-11,13-14,19,25H,12,15H2,1H3/t19-/m0/s1. The van der Waals surface area contributed by atoms with Gasteiger partial charge < -0.3 is 0 Å². The summed E-state index contributed by atoms with van der Waals surface area (Å²) < 4.78 is 30.3. The fourth-order valence-electron chi connectivity index (χ4n) is 2.99. The molecule has 0 amide bonds. The summed E-state index contributed by atoms with van der Waals surface area (Å²) in [4.78, 5) is 8.80. The summed E-state index contributed by atoms with van der Waals surface area (Å²) in [5.74, 6) is 1.19. The maximum atomic E-state index is 12.9. The van der Waals surface area contributed by atoms with Gasteiger partial charge in [0.1, 0.15) is 0 Å². The molecule has 154 valence electrons. The lowest BCUT2D eigenvalue weighted by Gasteiger charge is -2.19. The molecule has 0 aliphatic rings. The van der Waals surface area contributed by atoms with Crippen LogP contribution in [0.3, 0.4) is 0 Å². The number of fused-ring (bicyclic) bond motifs is 1. The molecule has 0 fully saturated rings. The number of hydrogen-bond donors (Lipinski definition) is 1. The molecule has 7 nitrogen and oxygen atoms in total. The predicted molar refractivity (Wildman–Crippen MR) is 117 cm³/mol. The van der Waals surface area contributed by atoms with Gasteiger partial charge in [-0.25, -0.2) is 22.6 Å². The summed E-state index contributed by atoms with van der Waals surface area (Å²) in [5, 5.41) is 4.99. The molecule has 0 saturated heterocycles. The van der Waals surface area contributed by atoms with Crippen LogP contribution in [0.5, 0.6) is 0 Å². The molecule has 0 spiro atoms. The minimum absolute atomic E-state index is 0.259. The number of nitrogens with one attached hydrogen (secondary N) is 1. The molecule has 0 radical (unpaired) electrons. The highest BCUT2D eigenvalue weighted by molar-refractivity contribution is 7.99. The number of rotatable bonds is 8. The Morgan fingerprint density at radius 1 is 1.07 bits per heavy atom. The fraction of sp³-hybridized carbons (Fsp3) is 0.190. The van der Waals surface area contributed by atoms with Crippen molar-refractivity contribution in [1.29, 1.82) is 0 Å². The smallest absolute Gasteiger partial charge is 0.220 e. The van der Waals surface area contributed by atoms with Crippen molar-refractivity contribution < 1.29 is 8.42 Å². The Kier molecular flexibility index (Phi) is 6.12. The van der Waals surface area contributed by atoms with E-state index in [0.717, 1.165) is 11.1 Å². The zero-order chi connectivity index (χ0) is 21.0. The van der Waals surface area contributed by atoms with E-state index in [4.69, 9.17) is 0 Å². The summed E-state index contributed by atoms with van der Waals surface area (Å²) in [7, 11) is -3.64. The zero-order valence-electron chi connectivity index (χ0n) is 16.3. The molecule has 0 aliphatic carbocycles. The SMILES string of the molecule is Cc1ccc(S(=O)(=O)N[C@@H](CCSc2nc3ncccn3n2)c2ccccc2)cc1. The van der Waals surface area contributed by atoms with E-state index < -0.39 is 10.0 Å². The van der Waals surface area contributed by atoms with E-state index in [-0.39, 0.29) is 10.9 Å². The second-order valence-electron chi connectivity index (χ2n) is 6.79. The topological polar surface area (TPSA) is 89.2 Å². The van der Waals surface area contributed by atoms with Crippen LogP contribution in [0.4, 0.5) is 0 Å². The molecule has 2 heterocycles. The molecule has 1 atom stereocenters. The average molecular weight is 440 g/mol. The van der Waals surface area contributed by atoms with Gasteiger partial charge in [-0.2, -0.15) is 4.98 Å². The molecular weight excluding hydrogens is 418 g/mol. The molecule has 0 bridgehead atoms. The van der Waals surface area contributed by atoms with E-state index in [0.29, 0.717) is 23.1 Å². The van der Waals surface area contributed by atoms with Gasteiger partial charge in [0.05, 0.1) is 4.90 Å². The zero-order valence-corrected chi connectivity index (χ0v) is 18.0. The fourth-order valence-corrected chi connectivity index (χ4v) is 5.08. The van der Waals surface area contributed by atoms with Crippen molar-refractivity contribution in [1.82, 2.24) is 24.3 Å². The van der Waals surface area contributed by atoms with E-state index >= 15 is 0 Å². The lowest BCUT2D eigenvalue weighted by Crippen LogP contribution is -2.29. The van der Waals surface area contributed by atoms with E-state index in [9.17, 15) is 8.42 Å². The Labute approximate surface area is 179 Å². The summed E-state index contributed by atoms with van der Waals surface area (Å²) in [6.45, 7) is 1.93. The van der Waals surface area contributed by atoms with Gasteiger partial charge >= 0.3 is 0 Å². The van der Waals surface area contributed by atoms with Gasteiger partial charge in [-0.1, -0.05) is 59.8 Å². The second kappa shape index (κ2) is 8.95. The summed E-state index contributed by atoms with van der Waals surface area (Å²) in [6, 6.07) is 17.9. The molecule has 2 aromatic heterocycles. The largest absolute Gasteiger partial charge is 0.253 e. The van der Waals surface area contributed by atoms with Gasteiger partial charge in [0, 0.05) is 24.2 Å². The Morgan fingerprint density at radius 3 is 2.57 bits per heavy atom. The molecule has 0 saturated carbocycles. The van der Waals surface area contributed by atoms with Crippen molar-refractivity contribution in [2.75, 3.05) is 5.75 Å². The number of sulfonamides is 1. The van der Waals surface area contributed by atoms with Crippen LogP contribution in [-0.4, -0.2) is 33.8 Å². The number of benzene rings is 2. The summed E-state index contributed by atoms with van der Waals surface area (Å²) >= 11 is 1.48. The monoisotopic (exact) mass is 439 g/mol. The van der Waals surface area contributed by atoms with Crippen LogP contribution in [0.25, 0.3) is 5.78 Å². The lowest BCUT2D eigenvalue weighted by atomic mass is 10.1. The van der Waals surface area contributed by atoms with E-state index in [1.165, 1.54) is 11.8 Å². The molecule has 4 rings (SSSR count). The molecule has 1 N–H and O–H groups in total. The van der Waals surface area contributed by atoms with Crippen molar-refractivity contribution in [3.8, 4) is 0 Å². The van der Waals surface area contributed by atoms with Gasteiger partial charge in [-0.15, -0.1) is 5.10 Å². The number of hydrogen-bond acceptors (Lipinski definition) is 6. The average Bonchev–Trinajstić information content (AvgIpc) is 3.17. The first kappa shape index (κ1) is 20.5. The highest BCUT2D eigenvalue weighted by Crippen LogP contribution is 2.24. The van der Waals surface area contributed by atoms with Crippen LogP contribution in [0.2, 0.25) is 0 Å². The summed E-state index contributed by atoms with van der Waals surface area (Å²) in [5.41, 5.74) is 1.93.